The van der Waals surface area contributed by atoms with Gasteiger partial charge >= 0.3 is 0 Å². The van der Waals surface area contributed by atoms with Gasteiger partial charge in [0.25, 0.3) is 0 Å². The van der Waals surface area contributed by atoms with Crippen LogP contribution in [0, 0.1) is 0 Å². The number of amides is 1. The van der Waals surface area contributed by atoms with E-state index in [0.29, 0.717) is 12.8 Å². The molecule has 2 rings (SSSR count). The third-order valence-electron chi connectivity index (χ3n) is 3.68. The van der Waals surface area contributed by atoms with Crippen LogP contribution in [0.2, 0.25) is 0 Å². The highest BCUT2D eigenvalue weighted by atomic mass is 16.3. The number of furan rings is 1. The molecule has 0 aliphatic rings. The maximum absolute atomic E-state index is 11.9. The van der Waals surface area contributed by atoms with Gasteiger partial charge in [0.1, 0.15) is 11.5 Å². The van der Waals surface area contributed by atoms with Crippen LogP contribution in [0.5, 0.6) is 0 Å². The number of rotatable bonds is 6. The van der Waals surface area contributed by atoms with Gasteiger partial charge in [0.2, 0.25) is 5.91 Å². The van der Waals surface area contributed by atoms with Crippen molar-refractivity contribution in [3.05, 3.63) is 48.2 Å². The van der Waals surface area contributed by atoms with Crippen molar-refractivity contribution in [3.63, 3.8) is 0 Å². The molecule has 1 aromatic heterocycles. The lowest BCUT2D eigenvalue weighted by Gasteiger charge is -2.24. The molecule has 112 valence electrons. The summed E-state index contributed by atoms with van der Waals surface area (Å²) < 4.78 is 5.80. The Kier molecular flexibility index (Phi) is 4.84. The monoisotopic (exact) mass is 285 g/mol. The van der Waals surface area contributed by atoms with Gasteiger partial charge in [0.15, 0.2) is 0 Å². The number of hydrogen-bond acceptors (Lipinski definition) is 2. The summed E-state index contributed by atoms with van der Waals surface area (Å²) in [5.74, 6) is 1.76. The van der Waals surface area contributed by atoms with E-state index in [4.69, 9.17) is 4.42 Å². The molecule has 0 aliphatic carbocycles. The van der Waals surface area contributed by atoms with E-state index in [-0.39, 0.29) is 11.4 Å². The van der Waals surface area contributed by atoms with Crippen LogP contribution in [-0.4, -0.2) is 11.4 Å². The smallest absolute Gasteiger partial charge is 0.220 e. The van der Waals surface area contributed by atoms with E-state index in [1.54, 1.807) is 0 Å². The van der Waals surface area contributed by atoms with Crippen molar-refractivity contribution in [1.29, 1.82) is 0 Å². The fourth-order valence-corrected chi connectivity index (χ4v) is 2.03. The van der Waals surface area contributed by atoms with Crippen LogP contribution < -0.4 is 5.32 Å². The Morgan fingerprint density at radius 3 is 2.52 bits per heavy atom. The molecule has 0 saturated heterocycles. The maximum Gasteiger partial charge on any atom is 0.220 e. The number of carbonyl (C=O) groups excluding carboxylic acids is 1. The van der Waals surface area contributed by atoms with E-state index in [1.165, 1.54) is 0 Å². The zero-order valence-electron chi connectivity index (χ0n) is 13.0. The first-order chi connectivity index (χ1) is 10.00. The fourth-order valence-electron chi connectivity index (χ4n) is 2.03. The summed E-state index contributed by atoms with van der Waals surface area (Å²) in [4.78, 5) is 11.9. The topological polar surface area (TPSA) is 42.2 Å². The largest absolute Gasteiger partial charge is 0.461 e. The van der Waals surface area contributed by atoms with E-state index >= 15 is 0 Å². The van der Waals surface area contributed by atoms with Crippen LogP contribution >= 0.6 is 0 Å². The molecule has 0 spiro atoms. The molecule has 0 atom stereocenters. The van der Waals surface area contributed by atoms with Crippen LogP contribution in [0.15, 0.2) is 46.9 Å². The Hall–Kier alpha value is -2.03. The van der Waals surface area contributed by atoms with E-state index in [9.17, 15) is 4.79 Å². The van der Waals surface area contributed by atoms with E-state index < -0.39 is 0 Å². The van der Waals surface area contributed by atoms with Crippen molar-refractivity contribution >= 4 is 5.91 Å². The maximum atomic E-state index is 11.9. The highest BCUT2D eigenvalue weighted by Gasteiger charge is 2.17. The molecule has 3 nitrogen and oxygen atoms in total. The molecule has 1 aromatic carbocycles. The highest BCUT2D eigenvalue weighted by molar-refractivity contribution is 5.76. The second kappa shape index (κ2) is 6.61. The third-order valence-corrected chi connectivity index (χ3v) is 3.68. The van der Waals surface area contributed by atoms with Crippen LogP contribution in [0.3, 0.4) is 0 Å². The van der Waals surface area contributed by atoms with Gasteiger partial charge in [-0.2, -0.15) is 0 Å². The van der Waals surface area contributed by atoms with Crippen LogP contribution in [0.1, 0.15) is 39.4 Å². The molecule has 0 fully saturated rings. The number of nitrogens with one attached hydrogen (secondary N) is 1. The quantitative estimate of drug-likeness (QED) is 0.865. The molecule has 0 unspecified atom stereocenters. The Bertz CT molecular complexity index is 584. The Morgan fingerprint density at radius 1 is 1.14 bits per heavy atom. The molecule has 3 heteroatoms. The van der Waals surface area contributed by atoms with Crippen molar-refractivity contribution in [2.75, 3.05) is 0 Å². The zero-order chi connectivity index (χ0) is 15.3. The number of aryl methyl sites for hydroxylation is 1. The third kappa shape index (κ3) is 4.48. The first-order valence-electron chi connectivity index (χ1n) is 7.45. The van der Waals surface area contributed by atoms with Gasteiger partial charge in [0, 0.05) is 23.9 Å². The van der Waals surface area contributed by atoms with Gasteiger partial charge in [-0.3, -0.25) is 4.79 Å². The number of hydrogen-bond donors (Lipinski definition) is 1. The summed E-state index contributed by atoms with van der Waals surface area (Å²) in [6, 6.07) is 13.9. The predicted molar refractivity (Wildman–Crippen MR) is 85.0 cm³/mol. The van der Waals surface area contributed by atoms with Crippen LogP contribution in [-0.2, 0) is 11.2 Å². The Labute approximate surface area is 126 Å². The normalized spacial score (nSPS) is 11.4. The van der Waals surface area contributed by atoms with Crippen molar-refractivity contribution in [1.82, 2.24) is 5.32 Å². The molecule has 2 aromatic rings. The van der Waals surface area contributed by atoms with Gasteiger partial charge in [-0.15, -0.1) is 0 Å². The standard InChI is InChI=1S/C18H23NO2/c1-4-18(2,3)19-17(20)13-11-15-10-12-16(21-15)14-8-6-5-7-9-14/h5-10,12H,4,11,13H2,1-3H3,(H,19,20). The second-order valence-corrected chi connectivity index (χ2v) is 5.92. The average molecular weight is 285 g/mol. The number of carbonyl (C=O) groups is 1. The predicted octanol–water partition coefficient (Wildman–Crippen LogP) is 4.18. The van der Waals surface area contributed by atoms with Gasteiger partial charge in [-0.05, 0) is 32.4 Å². The summed E-state index contributed by atoms with van der Waals surface area (Å²) in [5.41, 5.74) is 0.912. The molecule has 0 radical (unpaired) electrons. The molecule has 1 N–H and O–H groups in total. The number of benzene rings is 1. The minimum atomic E-state index is -0.143. The molecular formula is C18H23NO2. The van der Waals surface area contributed by atoms with Crippen LogP contribution in [0.4, 0.5) is 0 Å². The van der Waals surface area contributed by atoms with E-state index in [2.05, 4.69) is 12.2 Å². The van der Waals surface area contributed by atoms with Gasteiger partial charge in [-0.25, -0.2) is 0 Å². The molecule has 1 amide bonds. The Morgan fingerprint density at radius 2 is 1.86 bits per heavy atom. The van der Waals surface area contributed by atoms with Crippen molar-refractivity contribution < 1.29 is 9.21 Å². The highest BCUT2D eigenvalue weighted by Crippen LogP contribution is 2.22. The zero-order valence-corrected chi connectivity index (χ0v) is 13.0. The molecule has 0 bridgehead atoms. The minimum Gasteiger partial charge on any atom is -0.461 e. The average Bonchev–Trinajstić information content (AvgIpc) is 2.95. The first-order valence-corrected chi connectivity index (χ1v) is 7.45. The summed E-state index contributed by atoms with van der Waals surface area (Å²) in [7, 11) is 0. The SMILES string of the molecule is CCC(C)(C)NC(=O)CCc1ccc(-c2ccccc2)o1. The lowest BCUT2D eigenvalue weighted by molar-refractivity contribution is -0.122. The first kappa shape index (κ1) is 15.4. The van der Waals surface area contributed by atoms with E-state index in [1.807, 2.05) is 56.3 Å². The minimum absolute atomic E-state index is 0.0690. The fraction of sp³-hybridized carbons (Fsp3) is 0.389. The van der Waals surface area contributed by atoms with E-state index in [0.717, 1.165) is 23.5 Å². The summed E-state index contributed by atoms with van der Waals surface area (Å²) in [5, 5.41) is 3.03. The summed E-state index contributed by atoms with van der Waals surface area (Å²) >= 11 is 0. The molecule has 0 saturated carbocycles. The van der Waals surface area contributed by atoms with Crippen molar-refractivity contribution in [2.45, 2.75) is 45.6 Å². The molecule has 21 heavy (non-hydrogen) atoms. The lowest BCUT2D eigenvalue weighted by Crippen LogP contribution is -2.42. The summed E-state index contributed by atoms with van der Waals surface area (Å²) in [6.07, 6.45) is 1.99. The van der Waals surface area contributed by atoms with Gasteiger partial charge < -0.3 is 9.73 Å². The second-order valence-electron chi connectivity index (χ2n) is 5.92. The van der Waals surface area contributed by atoms with Crippen LogP contribution in [0.25, 0.3) is 11.3 Å². The van der Waals surface area contributed by atoms with Gasteiger partial charge in [-0.1, -0.05) is 37.3 Å². The molecular weight excluding hydrogens is 262 g/mol. The van der Waals surface area contributed by atoms with Crippen molar-refractivity contribution in [3.8, 4) is 11.3 Å². The Balaban J connectivity index is 1.90. The van der Waals surface area contributed by atoms with Gasteiger partial charge in [0.05, 0.1) is 0 Å². The summed E-state index contributed by atoms with van der Waals surface area (Å²) in [6.45, 7) is 6.13. The lowest BCUT2D eigenvalue weighted by atomic mass is 10.0. The van der Waals surface area contributed by atoms with Crippen molar-refractivity contribution in [2.24, 2.45) is 0 Å². The molecule has 0 aliphatic heterocycles. The molecule has 1 heterocycles.